The minimum atomic E-state index is -0.0292. The van der Waals surface area contributed by atoms with Crippen molar-refractivity contribution in [2.45, 2.75) is 46.6 Å². The predicted octanol–water partition coefficient (Wildman–Crippen LogP) is 2.83. The lowest BCUT2D eigenvalue weighted by Gasteiger charge is -2.30. The maximum absolute atomic E-state index is 12.2. The van der Waals surface area contributed by atoms with Gasteiger partial charge in [-0.15, -0.1) is 0 Å². The zero-order chi connectivity index (χ0) is 15.2. The topological polar surface area (TPSA) is 38.1 Å². The molecule has 0 aliphatic heterocycles. The molecule has 4 nitrogen and oxygen atoms in total. The smallest absolute Gasteiger partial charge is 0.268 e. The summed E-state index contributed by atoms with van der Waals surface area (Å²) in [4.78, 5) is 14.3. The number of aromatic nitrogens is 2. The van der Waals surface area contributed by atoms with Crippen LogP contribution in [0.5, 0.6) is 0 Å². The van der Waals surface area contributed by atoms with Gasteiger partial charge in [-0.3, -0.25) is 4.79 Å². The lowest BCUT2D eigenvalue weighted by Crippen LogP contribution is -2.35. The van der Waals surface area contributed by atoms with E-state index in [-0.39, 0.29) is 11.0 Å². The van der Waals surface area contributed by atoms with Gasteiger partial charge in [-0.2, -0.15) is 17.7 Å². The Labute approximate surface area is 127 Å². The summed E-state index contributed by atoms with van der Waals surface area (Å²) in [7, 11) is 1.99. The van der Waals surface area contributed by atoms with Crippen molar-refractivity contribution in [2.75, 3.05) is 24.2 Å². The van der Waals surface area contributed by atoms with Crippen LogP contribution in [0.3, 0.4) is 0 Å². The highest BCUT2D eigenvalue weighted by molar-refractivity contribution is 7.80. The summed E-state index contributed by atoms with van der Waals surface area (Å²) in [6.07, 6.45) is 4.83. The number of thiol groups is 1. The van der Waals surface area contributed by atoms with Gasteiger partial charge in [0.2, 0.25) is 0 Å². The van der Waals surface area contributed by atoms with E-state index in [9.17, 15) is 4.79 Å². The van der Waals surface area contributed by atoms with Crippen LogP contribution in [-0.2, 0) is 6.54 Å². The van der Waals surface area contributed by atoms with Crippen LogP contribution in [0.4, 0.5) is 5.69 Å². The van der Waals surface area contributed by atoms with Crippen LogP contribution in [-0.4, -0.2) is 29.1 Å². The molecule has 0 unspecified atom stereocenters. The predicted molar refractivity (Wildman–Crippen MR) is 88.9 cm³/mol. The molecule has 114 valence electrons. The average Bonchev–Trinajstić information content (AvgIpc) is 2.47. The van der Waals surface area contributed by atoms with Crippen LogP contribution in [0.25, 0.3) is 0 Å². The van der Waals surface area contributed by atoms with Gasteiger partial charge in [0.05, 0.1) is 18.4 Å². The minimum Gasteiger partial charge on any atom is -0.373 e. The van der Waals surface area contributed by atoms with E-state index in [2.05, 4.69) is 43.4 Å². The number of anilines is 1. The van der Waals surface area contributed by atoms with E-state index in [4.69, 9.17) is 0 Å². The molecule has 0 aliphatic carbocycles. The van der Waals surface area contributed by atoms with Crippen LogP contribution in [0.15, 0.2) is 17.1 Å². The summed E-state index contributed by atoms with van der Waals surface area (Å²) in [5, 5.41) is 4.34. The first-order valence-electron chi connectivity index (χ1n) is 7.41. The second-order valence-electron chi connectivity index (χ2n) is 5.50. The SMILES string of the molecule is CCCN(C)c1cnn(CC(CC)(CC)CS)c(=O)c1. The molecule has 1 aromatic heterocycles. The zero-order valence-electron chi connectivity index (χ0n) is 13.1. The van der Waals surface area contributed by atoms with Crippen molar-refractivity contribution in [3.05, 3.63) is 22.6 Å². The fraction of sp³-hybridized carbons (Fsp3) is 0.733. The minimum absolute atomic E-state index is 0.0292. The van der Waals surface area contributed by atoms with Crippen molar-refractivity contribution in [1.29, 1.82) is 0 Å². The van der Waals surface area contributed by atoms with Gasteiger partial charge in [-0.05, 0) is 30.4 Å². The number of hydrogen-bond donors (Lipinski definition) is 1. The van der Waals surface area contributed by atoms with Crippen LogP contribution in [0.1, 0.15) is 40.0 Å². The zero-order valence-corrected chi connectivity index (χ0v) is 14.0. The van der Waals surface area contributed by atoms with Gasteiger partial charge in [-0.25, -0.2) is 4.68 Å². The molecule has 0 fully saturated rings. The molecule has 0 bridgehead atoms. The van der Waals surface area contributed by atoms with E-state index < -0.39 is 0 Å². The average molecular weight is 297 g/mol. The summed E-state index contributed by atoms with van der Waals surface area (Å²) >= 11 is 4.46. The maximum Gasteiger partial charge on any atom is 0.268 e. The molecule has 0 radical (unpaired) electrons. The van der Waals surface area contributed by atoms with E-state index in [0.29, 0.717) is 6.54 Å². The molecule has 0 N–H and O–H groups in total. The van der Waals surface area contributed by atoms with E-state index in [0.717, 1.165) is 37.2 Å². The van der Waals surface area contributed by atoms with Crippen molar-refractivity contribution >= 4 is 18.3 Å². The van der Waals surface area contributed by atoms with Gasteiger partial charge in [0, 0.05) is 19.7 Å². The highest BCUT2D eigenvalue weighted by Crippen LogP contribution is 2.29. The van der Waals surface area contributed by atoms with E-state index in [1.807, 2.05) is 7.05 Å². The van der Waals surface area contributed by atoms with Crippen LogP contribution in [0, 0.1) is 5.41 Å². The van der Waals surface area contributed by atoms with E-state index in [1.54, 1.807) is 16.9 Å². The number of nitrogens with zero attached hydrogens (tertiary/aromatic N) is 3. The summed E-state index contributed by atoms with van der Waals surface area (Å²) in [5.41, 5.74) is 0.910. The van der Waals surface area contributed by atoms with E-state index in [1.165, 1.54) is 0 Å². The quantitative estimate of drug-likeness (QED) is 0.750. The Morgan fingerprint density at radius 2 is 2.00 bits per heavy atom. The highest BCUT2D eigenvalue weighted by atomic mass is 32.1. The molecule has 1 heterocycles. The van der Waals surface area contributed by atoms with Gasteiger partial charge in [-0.1, -0.05) is 20.8 Å². The third-order valence-electron chi connectivity index (χ3n) is 4.18. The Bertz CT molecular complexity index is 460. The van der Waals surface area contributed by atoms with Gasteiger partial charge in [0.15, 0.2) is 0 Å². The van der Waals surface area contributed by atoms with Crippen LogP contribution < -0.4 is 10.5 Å². The van der Waals surface area contributed by atoms with Gasteiger partial charge in [0.25, 0.3) is 5.56 Å². The molecule has 0 saturated carbocycles. The first-order chi connectivity index (χ1) is 9.51. The lowest BCUT2D eigenvalue weighted by molar-refractivity contribution is 0.241. The Hall–Kier alpha value is -0.970. The van der Waals surface area contributed by atoms with Gasteiger partial charge in [0.1, 0.15) is 0 Å². The Kier molecular flexibility index (Phi) is 6.59. The fourth-order valence-electron chi connectivity index (χ4n) is 2.28. The van der Waals surface area contributed by atoms with Crippen molar-refractivity contribution < 1.29 is 0 Å². The molecular weight excluding hydrogens is 270 g/mol. The largest absolute Gasteiger partial charge is 0.373 e. The molecule has 0 spiro atoms. The summed E-state index contributed by atoms with van der Waals surface area (Å²) < 4.78 is 1.58. The first kappa shape index (κ1) is 17.1. The Balaban J connectivity index is 2.96. The standard InChI is InChI=1S/C15H27N3OS/c1-5-8-17(4)13-9-14(19)18(16-10-13)11-15(6-2,7-3)12-20/h9-10,20H,5-8,11-12H2,1-4H3. The molecule has 0 atom stereocenters. The summed E-state index contributed by atoms with van der Waals surface area (Å²) in [6.45, 7) is 7.98. The summed E-state index contributed by atoms with van der Waals surface area (Å²) in [6, 6.07) is 1.68. The second kappa shape index (κ2) is 7.72. The Morgan fingerprint density at radius 1 is 1.35 bits per heavy atom. The number of rotatable bonds is 8. The second-order valence-corrected chi connectivity index (χ2v) is 5.81. The third kappa shape index (κ3) is 4.01. The van der Waals surface area contributed by atoms with Crippen molar-refractivity contribution in [1.82, 2.24) is 9.78 Å². The molecule has 0 amide bonds. The Morgan fingerprint density at radius 3 is 2.45 bits per heavy atom. The van der Waals surface area contributed by atoms with Crippen LogP contribution in [0.2, 0.25) is 0 Å². The monoisotopic (exact) mass is 297 g/mol. The fourth-order valence-corrected chi connectivity index (χ4v) is 2.83. The molecular formula is C15H27N3OS. The molecule has 0 aliphatic rings. The molecule has 20 heavy (non-hydrogen) atoms. The first-order valence-corrected chi connectivity index (χ1v) is 8.04. The van der Waals surface area contributed by atoms with E-state index >= 15 is 0 Å². The lowest BCUT2D eigenvalue weighted by atomic mass is 9.84. The van der Waals surface area contributed by atoms with Crippen molar-refractivity contribution in [3.8, 4) is 0 Å². The van der Waals surface area contributed by atoms with Crippen molar-refractivity contribution in [2.24, 2.45) is 5.41 Å². The van der Waals surface area contributed by atoms with Gasteiger partial charge >= 0.3 is 0 Å². The molecule has 1 rings (SSSR count). The maximum atomic E-state index is 12.2. The van der Waals surface area contributed by atoms with Gasteiger partial charge < -0.3 is 4.90 Å². The number of hydrogen-bond acceptors (Lipinski definition) is 4. The molecule has 0 saturated heterocycles. The van der Waals surface area contributed by atoms with Crippen LogP contribution >= 0.6 is 12.6 Å². The molecule has 1 aromatic rings. The van der Waals surface area contributed by atoms with Crippen molar-refractivity contribution in [3.63, 3.8) is 0 Å². The normalized spacial score (nSPS) is 11.7. The third-order valence-corrected chi connectivity index (χ3v) is 4.85. The summed E-state index contributed by atoms with van der Waals surface area (Å²) in [5.74, 6) is 0.769. The highest BCUT2D eigenvalue weighted by Gasteiger charge is 2.26. The molecule has 5 heteroatoms. The molecule has 0 aromatic carbocycles.